The summed E-state index contributed by atoms with van der Waals surface area (Å²) in [5.74, 6) is -1.26. The molecule has 5 nitrogen and oxygen atoms in total. The van der Waals surface area contributed by atoms with E-state index in [0.717, 1.165) is 42.9 Å². The van der Waals surface area contributed by atoms with Gasteiger partial charge in [0.05, 0.1) is 5.52 Å². The molecule has 3 aromatic rings. The Morgan fingerprint density at radius 1 is 1.19 bits per heavy atom. The maximum absolute atomic E-state index is 13.7. The van der Waals surface area contributed by atoms with E-state index in [1.165, 1.54) is 25.3 Å². The quantitative estimate of drug-likeness (QED) is 0.546. The van der Waals surface area contributed by atoms with Gasteiger partial charge in [-0.1, -0.05) is 12.5 Å². The molecule has 1 aliphatic heterocycles. The molecule has 0 bridgehead atoms. The highest BCUT2D eigenvalue weighted by Gasteiger charge is 2.20. The standard InChI is InChI=1S/C24H29F2N3O2/c1-16-6-3-4-10-28(16)11-5-9-27-24(30)22-14-23-21(12-17(2)31-23)29(22)15-18-7-8-19(25)20(26)13-18/h7-8,12-14,16H,3-6,9-11,15H2,1-2H3,(H,27,30). The predicted octanol–water partition coefficient (Wildman–Crippen LogP) is 4.86. The third kappa shape index (κ3) is 4.82. The van der Waals surface area contributed by atoms with Crippen molar-refractivity contribution in [2.45, 2.75) is 52.1 Å². The normalized spacial score (nSPS) is 17.4. The van der Waals surface area contributed by atoms with Gasteiger partial charge in [0.25, 0.3) is 5.91 Å². The largest absolute Gasteiger partial charge is 0.460 e. The maximum atomic E-state index is 13.7. The minimum Gasteiger partial charge on any atom is -0.460 e. The zero-order valence-electron chi connectivity index (χ0n) is 18.1. The van der Waals surface area contributed by atoms with Crippen LogP contribution in [0.2, 0.25) is 0 Å². The highest BCUT2D eigenvalue weighted by atomic mass is 19.2. The fourth-order valence-electron chi connectivity index (χ4n) is 4.41. The Kier molecular flexibility index (Phi) is 6.41. The number of hydrogen-bond donors (Lipinski definition) is 1. The van der Waals surface area contributed by atoms with Crippen LogP contribution in [0.1, 0.15) is 54.4 Å². The second-order valence-corrected chi connectivity index (χ2v) is 8.46. The van der Waals surface area contributed by atoms with Crippen LogP contribution in [-0.2, 0) is 6.54 Å². The molecule has 1 fully saturated rings. The van der Waals surface area contributed by atoms with E-state index in [1.54, 1.807) is 10.6 Å². The molecule has 3 heterocycles. The van der Waals surface area contributed by atoms with Gasteiger partial charge < -0.3 is 19.2 Å². The van der Waals surface area contributed by atoms with Crippen molar-refractivity contribution in [1.29, 1.82) is 0 Å². The Hall–Kier alpha value is -2.67. The van der Waals surface area contributed by atoms with Crippen LogP contribution >= 0.6 is 0 Å². The van der Waals surface area contributed by atoms with Crippen molar-refractivity contribution in [3.63, 3.8) is 0 Å². The molecule has 0 aliphatic carbocycles. The Bertz CT molecular complexity index is 1070. The summed E-state index contributed by atoms with van der Waals surface area (Å²) in [6.45, 7) is 7.02. The van der Waals surface area contributed by atoms with E-state index >= 15 is 0 Å². The summed E-state index contributed by atoms with van der Waals surface area (Å²) < 4.78 is 34.5. The number of aromatic nitrogens is 1. The van der Waals surface area contributed by atoms with E-state index in [9.17, 15) is 13.6 Å². The van der Waals surface area contributed by atoms with E-state index in [-0.39, 0.29) is 12.5 Å². The van der Waals surface area contributed by atoms with E-state index in [1.807, 2.05) is 13.0 Å². The number of amides is 1. The van der Waals surface area contributed by atoms with Crippen LogP contribution in [0.15, 0.2) is 34.7 Å². The summed E-state index contributed by atoms with van der Waals surface area (Å²) >= 11 is 0. The molecule has 1 aromatic carbocycles. The SMILES string of the molecule is Cc1cc2c(cc(C(=O)NCCCN3CCCCC3C)n2Cc2ccc(F)c(F)c2)o1. The van der Waals surface area contributed by atoms with Crippen molar-refractivity contribution in [3.8, 4) is 0 Å². The summed E-state index contributed by atoms with van der Waals surface area (Å²) in [4.78, 5) is 15.4. The number of benzene rings is 1. The van der Waals surface area contributed by atoms with Crippen LogP contribution in [0.4, 0.5) is 8.78 Å². The number of aryl methyl sites for hydroxylation is 1. The van der Waals surface area contributed by atoms with Gasteiger partial charge in [0.2, 0.25) is 0 Å². The molecule has 1 N–H and O–H groups in total. The van der Waals surface area contributed by atoms with Gasteiger partial charge in [-0.2, -0.15) is 0 Å². The lowest BCUT2D eigenvalue weighted by Gasteiger charge is -2.33. The molecule has 1 saturated heterocycles. The van der Waals surface area contributed by atoms with E-state index in [4.69, 9.17) is 4.42 Å². The van der Waals surface area contributed by atoms with Gasteiger partial charge >= 0.3 is 0 Å². The monoisotopic (exact) mass is 429 g/mol. The number of hydrogen-bond acceptors (Lipinski definition) is 3. The molecule has 1 unspecified atom stereocenters. The highest BCUT2D eigenvalue weighted by molar-refractivity contribution is 5.97. The van der Waals surface area contributed by atoms with Gasteiger partial charge in [0, 0.05) is 37.8 Å². The van der Waals surface area contributed by atoms with E-state index in [0.29, 0.717) is 29.4 Å². The summed E-state index contributed by atoms with van der Waals surface area (Å²) in [5, 5.41) is 3.00. The van der Waals surface area contributed by atoms with Crippen LogP contribution in [0, 0.1) is 18.6 Å². The van der Waals surface area contributed by atoms with Gasteiger partial charge in [-0.25, -0.2) is 8.78 Å². The minimum atomic E-state index is -0.901. The number of halogens is 2. The molecule has 1 atom stereocenters. The van der Waals surface area contributed by atoms with Gasteiger partial charge in [-0.15, -0.1) is 0 Å². The molecule has 31 heavy (non-hydrogen) atoms. The first kappa shape index (κ1) is 21.6. The first-order valence-electron chi connectivity index (χ1n) is 11.0. The number of carbonyl (C=O) groups excluding carboxylic acids is 1. The minimum absolute atomic E-state index is 0.196. The van der Waals surface area contributed by atoms with Crippen LogP contribution in [0.25, 0.3) is 11.1 Å². The first-order chi connectivity index (χ1) is 14.9. The van der Waals surface area contributed by atoms with Crippen molar-refractivity contribution in [2.75, 3.05) is 19.6 Å². The lowest BCUT2D eigenvalue weighted by molar-refractivity contribution is 0.0940. The van der Waals surface area contributed by atoms with E-state index < -0.39 is 11.6 Å². The number of carbonyl (C=O) groups is 1. The fourth-order valence-corrected chi connectivity index (χ4v) is 4.41. The molecule has 4 rings (SSSR count). The third-order valence-electron chi connectivity index (χ3n) is 6.12. The molecule has 1 amide bonds. The second-order valence-electron chi connectivity index (χ2n) is 8.46. The number of piperidine rings is 1. The van der Waals surface area contributed by atoms with E-state index in [2.05, 4.69) is 17.1 Å². The number of likely N-dealkylation sites (tertiary alicyclic amines) is 1. The van der Waals surface area contributed by atoms with Gasteiger partial charge in [-0.3, -0.25) is 4.79 Å². The molecule has 2 aromatic heterocycles. The highest BCUT2D eigenvalue weighted by Crippen LogP contribution is 2.25. The van der Waals surface area contributed by atoms with Crippen molar-refractivity contribution in [2.24, 2.45) is 0 Å². The molecule has 7 heteroatoms. The summed E-state index contributed by atoms with van der Waals surface area (Å²) in [6.07, 6.45) is 4.66. The van der Waals surface area contributed by atoms with Gasteiger partial charge in [0.15, 0.2) is 17.2 Å². The lowest BCUT2D eigenvalue weighted by atomic mass is 10.0. The number of rotatable bonds is 7. The summed E-state index contributed by atoms with van der Waals surface area (Å²) in [6, 6.07) is 7.96. The van der Waals surface area contributed by atoms with Crippen molar-refractivity contribution in [3.05, 3.63) is 59.0 Å². The van der Waals surface area contributed by atoms with Crippen LogP contribution < -0.4 is 5.32 Å². The number of nitrogens with zero attached hydrogens (tertiary/aromatic N) is 2. The second kappa shape index (κ2) is 9.22. The molecular weight excluding hydrogens is 400 g/mol. The number of fused-ring (bicyclic) bond motifs is 1. The van der Waals surface area contributed by atoms with Crippen molar-refractivity contribution < 1.29 is 18.0 Å². The molecule has 166 valence electrons. The smallest absolute Gasteiger partial charge is 0.268 e. The maximum Gasteiger partial charge on any atom is 0.268 e. The molecule has 0 radical (unpaired) electrons. The van der Waals surface area contributed by atoms with Gasteiger partial charge in [0.1, 0.15) is 11.5 Å². The van der Waals surface area contributed by atoms with Gasteiger partial charge in [-0.05, 0) is 57.4 Å². The zero-order valence-corrected chi connectivity index (χ0v) is 18.1. The Morgan fingerprint density at radius 2 is 2.03 bits per heavy atom. The lowest BCUT2D eigenvalue weighted by Crippen LogP contribution is -2.39. The Labute approximate surface area is 181 Å². The van der Waals surface area contributed by atoms with Crippen LogP contribution in [-0.4, -0.2) is 41.1 Å². The first-order valence-corrected chi connectivity index (χ1v) is 11.0. The molecule has 0 spiro atoms. The Morgan fingerprint density at radius 3 is 2.81 bits per heavy atom. The summed E-state index contributed by atoms with van der Waals surface area (Å²) in [5.41, 5.74) is 2.38. The van der Waals surface area contributed by atoms with Crippen LogP contribution in [0.3, 0.4) is 0 Å². The average molecular weight is 430 g/mol. The zero-order chi connectivity index (χ0) is 22.0. The fraction of sp³-hybridized carbons (Fsp3) is 0.458. The Balaban J connectivity index is 1.46. The topological polar surface area (TPSA) is 50.4 Å². The number of nitrogens with one attached hydrogen (secondary N) is 1. The predicted molar refractivity (Wildman–Crippen MR) is 116 cm³/mol. The van der Waals surface area contributed by atoms with Crippen LogP contribution in [0.5, 0.6) is 0 Å². The molecule has 0 saturated carbocycles. The third-order valence-corrected chi connectivity index (χ3v) is 6.12. The van der Waals surface area contributed by atoms with Crippen molar-refractivity contribution in [1.82, 2.24) is 14.8 Å². The average Bonchev–Trinajstić information content (AvgIpc) is 3.26. The van der Waals surface area contributed by atoms with Crippen molar-refractivity contribution >= 4 is 17.0 Å². The number of furan rings is 1. The molecular formula is C24H29F2N3O2. The summed E-state index contributed by atoms with van der Waals surface area (Å²) in [7, 11) is 0. The molecule has 1 aliphatic rings.